The van der Waals surface area contributed by atoms with E-state index in [0.717, 1.165) is 43.9 Å². The summed E-state index contributed by atoms with van der Waals surface area (Å²) in [4.78, 5) is 0. The third kappa shape index (κ3) is 18.7. The molecule has 1 aliphatic heterocycles. The highest BCUT2D eigenvalue weighted by Gasteiger charge is 2.33. The van der Waals surface area contributed by atoms with Crippen molar-refractivity contribution in [2.75, 3.05) is 79.1 Å². The van der Waals surface area contributed by atoms with Crippen LogP contribution < -0.4 is 0 Å². The van der Waals surface area contributed by atoms with Gasteiger partial charge in [-0.05, 0) is 55.4 Å². The summed E-state index contributed by atoms with van der Waals surface area (Å²) >= 11 is 0. The Morgan fingerprint density at radius 1 is 0.556 bits per heavy atom. The van der Waals surface area contributed by atoms with Crippen molar-refractivity contribution < 1.29 is 47.5 Å². The number of hydrogen-bond acceptors (Lipinski definition) is 9. The van der Waals surface area contributed by atoms with Gasteiger partial charge in [0.2, 0.25) is 0 Å². The van der Waals surface area contributed by atoms with Gasteiger partial charge in [0, 0.05) is 5.56 Å². The lowest BCUT2D eigenvalue weighted by Gasteiger charge is -2.43. The maximum atomic E-state index is 9.31. The highest BCUT2D eigenvalue weighted by molar-refractivity contribution is 5.13. The number of aliphatic hydroxyl groups is 1. The molecule has 0 saturated carbocycles. The van der Waals surface area contributed by atoms with Gasteiger partial charge in [0.1, 0.15) is 32.3 Å². The fourth-order valence-electron chi connectivity index (χ4n) is 5.10. The molecule has 0 spiro atoms. The lowest BCUT2D eigenvalue weighted by molar-refractivity contribution is -0.950. The van der Waals surface area contributed by atoms with Crippen LogP contribution in [0.15, 0.2) is 30.3 Å². The van der Waals surface area contributed by atoms with Gasteiger partial charge in [-0.25, -0.2) is 0 Å². The molecule has 10 nitrogen and oxygen atoms in total. The second-order valence-corrected chi connectivity index (χ2v) is 13.1. The Kier molecular flexibility index (Phi) is 19.9. The van der Waals surface area contributed by atoms with Crippen LogP contribution in [0.25, 0.3) is 0 Å². The van der Waals surface area contributed by atoms with E-state index in [1.807, 2.05) is 41.5 Å². The molecular formula is C35H64NO9+. The SMILES string of the molecule is C[C@H](CO[C@H](C)CO[C@H](C)CO[C@H](C)CO[C@@H](C)C[N+]1(Cc2ccccc2)CCOCC1)OC[C@@H](C)OC[C@@H](C)OC[C@@H](C)O. The van der Waals surface area contributed by atoms with Crippen molar-refractivity contribution in [2.45, 2.75) is 111 Å². The molecule has 1 N–H and O–H groups in total. The Morgan fingerprint density at radius 3 is 1.29 bits per heavy atom. The van der Waals surface area contributed by atoms with Crippen molar-refractivity contribution in [3.8, 4) is 0 Å². The first kappa shape index (κ1) is 40.0. The normalized spacial score (nSPS) is 20.6. The van der Waals surface area contributed by atoms with Gasteiger partial charge in [0.15, 0.2) is 0 Å². The first-order valence-electron chi connectivity index (χ1n) is 16.9. The van der Waals surface area contributed by atoms with Gasteiger partial charge in [0.25, 0.3) is 0 Å². The van der Waals surface area contributed by atoms with Crippen LogP contribution in [0.3, 0.4) is 0 Å². The quantitative estimate of drug-likeness (QED) is 0.157. The van der Waals surface area contributed by atoms with Crippen LogP contribution in [0, 0.1) is 0 Å². The fraction of sp³-hybridized carbons (Fsp3) is 0.829. The predicted octanol–water partition coefficient (Wildman–Crippen LogP) is 4.25. The van der Waals surface area contributed by atoms with Gasteiger partial charge in [-0.15, -0.1) is 0 Å². The molecule has 1 aliphatic rings. The van der Waals surface area contributed by atoms with Gasteiger partial charge in [-0.2, -0.15) is 0 Å². The summed E-state index contributed by atoms with van der Waals surface area (Å²) in [6.07, 6.45) is -0.709. The van der Waals surface area contributed by atoms with Gasteiger partial charge in [-0.3, -0.25) is 0 Å². The number of ether oxygens (including phenoxy) is 8. The van der Waals surface area contributed by atoms with Crippen LogP contribution in [0.1, 0.15) is 61.0 Å². The van der Waals surface area contributed by atoms with Crippen molar-refractivity contribution in [1.82, 2.24) is 0 Å². The number of hydrogen-bond donors (Lipinski definition) is 1. The molecule has 262 valence electrons. The number of nitrogens with zero attached hydrogens (tertiary/aromatic N) is 1. The fourth-order valence-corrected chi connectivity index (χ4v) is 5.10. The Labute approximate surface area is 273 Å². The van der Waals surface area contributed by atoms with Crippen LogP contribution in [0.5, 0.6) is 0 Å². The molecule has 0 aromatic heterocycles. The molecule has 8 atom stereocenters. The molecule has 1 saturated heterocycles. The van der Waals surface area contributed by atoms with E-state index in [0.29, 0.717) is 46.2 Å². The maximum absolute atomic E-state index is 9.31. The molecular weight excluding hydrogens is 578 g/mol. The molecule has 45 heavy (non-hydrogen) atoms. The van der Waals surface area contributed by atoms with E-state index in [4.69, 9.17) is 37.9 Å². The van der Waals surface area contributed by atoms with E-state index < -0.39 is 6.10 Å². The predicted molar refractivity (Wildman–Crippen MR) is 175 cm³/mol. The van der Waals surface area contributed by atoms with Crippen LogP contribution in [-0.4, -0.2) is 138 Å². The second kappa shape index (κ2) is 22.4. The zero-order valence-corrected chi connectivity index (χ0v) is 29.4. The first-order valence-corrected chi connectivity index (χ1v) is 16.9. The van der Waals surface area contributed by atoms with Crippen LogP contribution >= 0.6 is 0 Å². The summed E-state index contributed by atoms with van der Waals surface area (Å²) in [7, 11) is 0. The number of aliphatic hydroxyl groups excluding tert-OH is 1. The molecule has 1 heterocycles. The summed E-state index contributed by atoms with van der Waals surface area (Å²) in [6, 6.07) is 10.7. The van der Waals surface area contributed by atoms with Crippen molar-refractivity contribution in [2.24, 2.45) is 0 Å². The van der Waals surface area contributed by atoms with Gasteiger partial charge < -0.3 is 47.5 Å². The van der Waals surface area contributed by atoms with Crippen molar-refractivity contribution in [1.29, 1.82) is 0 Å². The molecule has 1 aromatic rings. The van der Waals surface area contributed by atoms with Crippen LogP contribution in [0.4, 0.5) is 0 Å². The Morgan fingerprint density at radius 2 is 0.911 bits per heavy atom. The standard InChI is InChI=1S/C35H64NO9/c1-27(37)20-39-29(3)22-41-31(5)24-43-33(7)26-45-34(8)25-44-32(6)23-42-30(4)21-40-28(2)18-36(14-16-38-17-15-36)19-35-12-10-9-11-13-35/h9-13,27-34,37H,14-26H2,1-8H3/q+1/t27-,28+,29-,30-,31-,32-,33-,34-/m1/s1. The van der Waals surface area contributed by atoms with E-state index in [2.05, 4.69) is 37.3 Å². The molecule has 0 amide bonds. The monoisotopic (exact) mass is 642 g/mol. The van der Waals surface area contributed by atoms with Gasteiger partial charge >= 0.3 is 0 Å². The summed E-state index contributed by atoms with van der Waals surface area (Å²) in [5.74, 6) is 0. The van der Waals surface area contributed by atoms with Crippen LogP contribution in [0.2, 0.25) is 0 Å². The average Bonchev–Trinajstić information content (AvgIpc) is 3.02. The largest absolute Gasteiger partial charge is 0.391 e. The molecule has 1 fully saturated rings. The van der Waals surface area contributed by atoms with E-state index in [1.54, 1.807) is 6.92 Å². The highest BCUT2D eigenvalue weighted by atomic mass is 16.6. The van der Waals surface area contributed by atoms with E-state index in [9.17, 15) is 5.11 Å². The summed E-state index contributed by atoms with van der Waals surface area (Å²) in [5, 5.41) is 9.31. The second-order valence-electron chi connectivity index (χ2n) is 13.1. The lowest BCUT2D eigenvalue weighted by atomic mass is 10.1. The number of rotatable bonds is 25. The van der Waals surface area contributed by atoms with Gasteiger partial charge in [-0.1, -0.05) is 30.3 Å². The molecule has 0 unspecified atom stereocenters. The number of benzene rings is 1. The summed E-state index contributed by atoms with van der Waals surface area (Å²) in [5.41, 5.74) is 1.36. The van der Waals surface area contributed by atoms with Crippen molar-refractivity contribution >= 4 is 0 Å². The Balaban J connectivity index is 1.55. The molecule has 0 bridgehead atoms. The third-order valence-corrected chi connectivity index (χ3v) is 7.74. The summed E-state index contributed by atoms with van der Waals surface area (Å²) in [6.45, 7) is 24.6. The zero-order valence-electron chi connectivity index (χ0n) is 29.4. The number of morpholine rings is 1. The molecule has 0 aliphatic carbocycles. The minimum atomic E-state index is -0.479. The van der Waals surface area contributed by atoms with E-state index >= 15 is 0 Å². The molecule has 2 rings (SSSR count). The minimum Gasteiger partial charge on any atom is -0.391 e. The maximum Gasteiger partial charge on any atom is 0.105 e. The van der Waals surface area contributed by atoms with E-state index in [1.165, 1.54) is 5.56 Å². The smallest absolute Gasteiger partial charge is 0.105 e. The molecule has 0 radical (unpaired) electrons. The minimum absolute atomic E-state index is 0.0243. The molecule has 1 aromatic carbocycles. The number of quaternary nitrogens is 1. The highest BCUT2D eigenvalue weighted by Crippen LogP contribution is 2.19. The van der Waals surface area contributed by atoms with E-state index in [-0.39, 0.29) is 42.7 Å². The third-order valence-electron chi connectivity index (χ3n) is 7.74. The topological polar surface area (TPSA) is 94.1 Å². The average molecular weight is 643 g/mol. The molecule has 10 heteroatoms. The van der Waals surface area contributed by atoms with Gasteiger partial charge in [0.05, 0.1) is 102 Å². The Bertz CT molecular complexity index is 855. The summed E-state index contributed by atoms with van der Waals surface area (Å²) < 4.78 is 48.0. The first-order chi connectivity index (χ1) is 21.5. The van der Waals surface area contributed by atoms with Crippen LogP contribution in [-0.2, 0) is 44.4 Å². The van der Waals surface area contributed by atoms with Crippen molar-refractivity contribution in [3.63, 3.8) is 0 Å². The van der Waals surface area contributed by atoms with Crippen molar-refractivity contribution in [3.05, 3.63) is 35.9 Å². The zero-order chi connectivity index (χ0) is 33.1. The Hall–Kier alpha value is -1.18. The lowest BCUT2D eigenvalue weighted by Crippen LogP contribution is -2.57.